The van der Waals surface area contributed by atoms with E-state index in [1.165, 1.54) is 0 Å². The second kappa shape index (κ2) is 6.21. The molecule has 0 aliphatic heterocycles. The number of ether oxygens (including phenoxy) is 1. The van der Waals surface area contributed by atoms with Crippen LogP contribution >= 0.6 is 12.2 Å². The highest BCUT2D eigenvalue weighted by Crippen LogP contribution is 2.15. The minimum Gasteiger partial charge on any atom is -0.370 e. The van der Waals surface area contributed by atoms with E-state index in [0.29, 0.717) is 23.7 Å². The minimum atomic E-state index is -0.497. The summed E-state index contributed by atoms with van der Waals surface area (Å²) in [6.07, 6.45) is 3.39. The van der Waals surface area contributed by atoms with Crippen LogP contribution in [0, 0.1) is 4.77 Å². The fourth-order valence-corrected chi connectivity index (χ4v) is 1.79. The highest BCUT2D eigenvalue weighted by molar-refractivity contribution is 7.71. The number of primary amides is 1. The molecule has 2 aromatic rings. The van der Waals surface area contributed by atoms with Gasteiger partial charge in [0.1, 0.15) is 6.61 Å². The number of nitrogens with zero attached hydrogens (tertiary/aromatic N) is 3. The minimum absolute atomic E-state index is 0.104. The molecule has 0 aliphatic rings. The molecule has 8 heteroatoms. The monoisotopic (exact) mass is 279 g/mol. The SMILES string of the molecule is NC(=O)COCCn1c(-c2cccnc2)n[nH]c1=S. The second-order valence-corrected chi connectivity index (χ2v) is 4.15. The molecule has 0 spiro atoms. The highest BCUT2D eigenvalue weighted by Gasteiger charge is 2.08. The number of rotatable bonds is 6. The third-order valence-corrected chi connectivity index (χ3v) is 2.69. The Kier molecular flexibility index (Phi) is 4.37. The van der Waals surface area contributed by atoms with Crippen LogP contribution in [0.3, 0.4) is 0 Å². The van der Waals surface area contributed by atoms with Gasteiger partial charge in [0.15, 0.2) is 10.6 Å². The lowest BCUT2D eigenvalue weighted by molar-refractivity contribution is -0.122. The molecule has 2 heterocycles. The van der Waals surface area contributed by atoms with Crippen LogP contribution in [0.15, 0.2) is 24.5 Å². The first-order valence-corrected chi connectivity index (χ1v) is 6.01. The van der Waals surface area contributed by atoms with Crippen LogP contribution in [0.5, 0.6) is 0 Å². The van der Waals surface area contributed by atoms with Crippen molar-refractivity contribution in [2.75, 3.05) is 13.2 Å². The summed E-state index contributed by atoms with van der Waals surface area (Å²) in [4.78, 5) is 14.6. The van der Waals surface area contributed by atoms with Crippen molar-refractivity contribution in [2.45, 2.75) is 6.54 Å². The van der Waals surface area contributed by atoms with Gasteiger partial charge in [0.05, 0.1) is 13.2 Å². The average Bonchev–Trinajstić information content (AvgIpc) is 2.77. The zero-order chi connectivity index (χ0) is 13.7. The summed E-state index contributed by atoms with van der Waals surface area (Å²) in [5, 5.41) is 6.88. The Hall–Kier alpha value is -2.06. The number of carbonyl (C=O) groups is 1. The molecule has 100 valence electrons. The van der Waals surface area contributed by atoms with Gasteiger partial charge in [0.2, 0.25) is 5.91 Å². The zero-order valence-electron chi connectivity index (χ0n) is 10.1. The number of carbonyl (C=O) groups excluding carboxylic acids is 1. The molecule has 2 aromatic heterocycles. The molecular weight excluding hydrogens is 266 g/mol. The summed E-state index contributed by atoms with van der Waals surface area (Å²) >= 11 is 5.15. The van der Waals surface area contributed by atoms with Crippen molar-refractivity contribution < 1.29 is 9.53 Å². The standard InChI is InChI=1S/C11H13N5O2S/c12-9(17)7-18-5-4-16-10(14-15-11(16)19)8-2-1-3-13-6-8/h1-3,6H,4-5,7H2,(H2,12,17)(H,15,19). The van der Waals surface area contributed by atoms with Crippen molar-refractivity contribution >= 4 is 18.1 Å². The maximum Gasteiger partial charge on any atom is 0.243 e. The van der Waals surface area contributed by atoms with Crippen LogP contribution in [0.1, 0.15) is 0 Å². The van der Waals surface area contributed by atoms with E-state index in [1.54, 1.807) is 17.0 Å². The van der Waals surface area contributed by atoms with Gasteiger partial charge in [-0.25, -0.2) is 0 Å². The van der Waals surface area contributed by atoms with Gasteiger partial charge in [0, 0.05) is 18.0 Å². The molecule has 19 heavy (non-hydrogen) atoms. The van der Waals surface area contributed by atoms with E-state index in [-0.39, 0.29) is 6.61 Å². The Balaban J connectivity index is 2.10. The molecule has 0 saturated heterocycles. The van der Waals surface area contributed by atoms with Gasteiger partial charge in [-0.3, -0.25) is 19.4 Å². The van der Waals surface area contributed by atoms with Crippen molar-refractivity contribution in [3.8, 4) is 11.4 Å². The topological polar surface area (TPSA) is 98.8 Å². The fraction of sp³-hybridized carbons (Fsp3) is 0.273. The summed E-state index contributed by atoms with van der Waals surface area (Å²) in [5.74, 6) is 0.184. The van der Waals surface area contributed by atoms with E-state index in [0.717, 1.165) is 5.56 Å². The molecule has 1 amide bonds. The molecule has 7 nitrogen and oxygen atoms in total. The predicted octanol–water partition coefficient (Wildman–Crippen LogP) is 0.505. The Labute approximate surface area is 114 Å². The Bertz CT molecular complexity index is 607. The predicted molar refractivity (Wildman–Crippen MR) is 70.7 cm³/mol. The van der Waals surface area contributed by atoms with Gasteiger partial charge in [-0.2, -0.15) is 5.10 Å². The molecule has 0 atom stereocenters. The number of aromatic amines is 1. The number of amides is 1. The third-order valence-electron chi connectivity index (χ3n) is 2.38. The summed E-state index contributed by atoms with van der Waals surface area (Å²) in [6.45, 7) is 0.699. The number of aromatic nitrogens is 4. The van der Waals surface area contributed by atoms with Gasteiger partial charge in [-0.1, -0.05) is 0 Å². The zero-order valence-corrected chi connectivity index (χ0v) is 10.9. The van der Waals surface area contributed by atoms with Crippen molar-refractivity contribution in [3.63, 3.8) is 0 Å². The third kappa shape index (κ3) is 3.46. The van der Waals surface area contributed by atoms with Crippen LogP contribution < -0.4 is 5.73 Å². The lowest BCUT2D eigenvalue weighted by Gasteiger charge is -2.06. The Morgan fingerprint density at radius 3 is 3.11 bits per heavy atom. The molecule has 0 unspecified atom stereocenters. The largest absolute Gasteiger partial charge is 0.370 e. The lowest BCUT2D eigenvalue weighted by Crippen LogP contribution is -2.19. The van der Waals surface area contributed by atoms with Crippen LogP contribution in [-0.4, -0.2) is 38.9 Å². The second-order valence-electron chi connectivity index (χ2n) is 3.76. The van der Waals surface area contributed by atoms with Gasteiger partial charge < -0.3 is 10.5 Å². The maximum atomic E-state index is 10.6. The summed E-state index contributed by atoms with van der Waals surface area (Å²) in [6, 6.07) is 3.71. The van der Waals surface area contributed by atoms with Gasteiger partial charge in [-0.05, 0) is 24.4 Å². The first-order chi connectivity index (χ1) is 9.18. The molecule has 0 saturated carbocycles. The number of nitrogens with two attached hydrogens (primary N) is 1. The van der Waals surface area contributed by atoms with E-state index < -0.39 is 5.91 Å². The molecule has 0 radical (unpaired) electrons. The first kappa shape index (κ1) is 13.4. The van der Waals surface area contributed by atoms with Crippen LogP contribution in [0.25, 0.3) is 11.4 Å². The van der Waals surface area contributed by atoms with E-state index >= 15 is 0 Å². The molecule has 0 aliphatic carbocycles. The number of H-pyrrole nitrogens is 1. The quantitative estimate of drug-likeness (QED) is 0.593. The summed E-state index contributed by atoms with van der Waals surface area (Å²) in [7, 11) is 0. The number of hydrogen-bond donors (Lipinski definition) is 2. The van der Waals surface area contributed by atoms with Crippen LogP contribution in [0.2, 0.25) is 0 Å². The van der Waals surface area contributed by atoms with Crippen molar-refractivity contribution in [1.82, 2.24) is 19.7 Å². The van der Waals surface area contributed by atoms with E-state index in [9.17, 15) is 4.79 Å². The van der Waals surface area contributed by atoms with Crippen LogP contribution in [-0.2, 0) is 16.1 Å². The molecule has 0 bridgehead atoms. The molecule has 0 aromatic carbocycles. The number of nitrogens with one attached hydrogen (secondary N) is 1. The Morgan fingerprint density at radius 2 is 2.42 bits per heavy atom. The van der Waals surface area contributed by atoms with E-state index in [2.05, 4.69) is 15.2 Å². The van der Waals surface area contributed by atoms with Gasteiger partial charge >= 0.3 is 0 Å². The smallest absolute Gasteiger partial charge is 0.243 e. The lowest BCUT2D eigenvalue weighted by atomic mass is 10.3. The van der Waals surface area contributed by atoms with Crippen molar-refractivity contribution in [1.29, 1.82) is 0 Å². The first-order valence-electron chi connectivity index (χ1n) is 5.60. The Morgan fingerprint density at radius 1 is 1.58 bits per heavy atom. The van der Waals surface area contributed by atoms with Crippen molar-refractivity contribution in [3.05, 3.63) is 29.3 Å². The summed E-state index contributed by atoms with van der Waals surface area (Å²) in [5.41, 5.74) is 5.84. The van der Waals surface area contributed by atoms with Crippen LogP contribution in [0.4, 0.5) is 0 Å². The normalized spacial score (nSPS) is 10.5. The van der Waals surface area contributed by atoms with Crippen molar-refractivity contribution in [2.24, 2.45) is 5.73 Å². The molecule has 3 N–H and O–H groups in total. The van der Waals surface area contributed by atoms with E-state index in [4.69, 9.17) is 22.7 Å². The molecular formula is C11H13N5O2S. The maximum absolute atomic E-state index is 10.6. The fourth-order valence-electron chi connectivity index (χ4n) is 1.57. The van der Waals surface area contributed by atoms with Gasteiger partial charge in [-0.15, -0.1) is 0 Å². The molecule has 2 rings (SSSR count). The summed E-state index contributed by atoms with van der Waals surface area (Å²) < 4.78 is 7.39. The van der Waals surface area contributed by atoms with E-state index in [1.807, 2.05) is 12.1 Å². The number of hydrogen-bond acceptors (Lipinski definition) is 5. The highest BCUT2D eigenvalue weighted by atomic mass is 32.1. The van der Waals surface area contributed by atoms with Gasteiger partial charge in [0.25, 0.3) is 0 Å². The molecule has 0 fully saturated rings. The average molecular weight is 279 g/mol. The number of pyridine rings is 1.